The fourth-order valence-electron chi connectivity index (χ4n) is 4.16. The smallest absolute Gasteiger partial charge is 0.119 e. The average molecular weight is 462 g/mol. The summed E-state index contributed by atoms with van der Waals surface area (Å²) in [5.41, 5.74) is 4.43. The van der Waals surface area contributed by atoms with Crippen LogP contribution in [-0.2, 0) is 0 Å². The van der Waals surface area contributed by atoms with Crippen LogP contribution in [0.3, 0.4) is 0 Å². The second kappa shape index (κ2) is 11.8. The van der Waals surface area contributed by atoms with E-state index >= 15 is 0 Å². The Morgan fingerprint density at radius 3 is 2.15 bits per heavy atom. The van der Waals surface area contributed by atoms with E-state index in [2.05, 4.69) is 65.7 Å². The minimum Gasteiger partial charge on any atom is -0.494 e. The summed E-state index contributed by atoms with van der Waals surface area (Å²) in [6.45, 7) is 5.62. The number of fused-ring (bicyclic) bond motifs is 2. The Hall–Kier alpha value is -2.98. The summed E-state index contributed by atoms with van der Waals surface area (Å²) < 4.78 is 5.94. The Balaban J connectivity index is 1.24. The van der Waals surface area contributed by atoms with Crippen molar-refractivity contribution in [1.29, 1.82) is 0 Å². The van der Waals surface area contributed by atoms with Gasteiger partial charge >= 0.3 is 0 Å². The third-order valence-electron chi connectivity index (χ3n) is 5.92. The first-order valence-corrected chi connectivity index (χ1v) is 12.4. The fraction of sp³-hybridized carbons (Fsp3) is 0.321. The molecule has 33 heavy (non-hydrogen) atoms. The highest BCUT2D eigenvalue weighted by atomic mass is 35.5. The van der Waals surface area contributed by atoms with Crippen LogP contribution >= 0.6 is 11.6 Å². The maximum Gasteiger partial charge on any atom is 0.119 e. The third kappa shape index (κ3) is 5.88. The maximum absolute atomic E-state index is 5.94. The molecule has 0 radical (unpaired) electrons. The molecule has 0 amide bonds. The number of anilines is 2. The van der Waals surface area contributed by atoms with Crippen LogP contribution in [0.15, 0.2) is 72.8 Å². The zero-order valence-corrected chi connectivity index (χ0v) is 20.0. The summed E-state index contributed by atoms with van der Waals surface area (Å²) in [4.78, 5) is 7.06. The van der Waals surface area contributed by atoms with Crippen LogP contribution in [0.25, 0.3) is 21.8 Å². The number of alkyl halides is 1. The van der Waals surface area contributed by atoms with Gasteiger partial charge in [0.15, 0.2) is 0 Å². The van der Waals surface area contributed by atoms with Crippen molar-refractivity contribution in [2.45, 2.75) is 26.2 Å². The Morgan fingerprint density at radius 2 is 1.52 bits per heavy atom. The molecular formula is C28H32ClN3O. The van der Waals surface area contributed by atoms with E-state index in [0.29, 0.717) is 5.88 Å². The zero-order valence-electron chi connectivity index (χ0n) is 19.3. The van der Waals surface area contributed by atoms with Crippen LogP contribution in [0.5, 0.6) is 5.75 Å². The summed E-state index contributed by atoms with van der Waals surface area (Å²) in [5, 5.41) is 6.03. The molecule has 0 unspecified atom stereocenters. The Morgan fingerprint density at radius 1 is 0.848 bits per heavy atom. The number of rotatable bonds is 12. The average Bonchev–Trinajstić information content (AvgIpc) is 2.86. The minimum absolute atomic E-state index is 0.633. The van der Waals surface area contributed by atoms with E-state index in [4.69, 9.17) is 21.3 Å². The highest BCUT2D eigenvalue weighted by Crippen LogP contribution is 2.30. The molecule has 0 fully saturated rings. The van der Waals surface area contributed by atoms with Gasteiger partial charge in [-0.3, -0.25) is 0 Å². The molecule has 0 aliphatic carbocycles. The quantitative estimate of drug-likeness (QED) is 0.138. The molecule has 0 saturated heterocycles. The van der Waals surface area contributed by atoms with Crippen LogP contribution < -0.4 is 15.0 Å². The molecule has 3 aromatic carbocycles. The van der Waals surface area contributed by atoms with Crippen molar-refractivity contribution in [1.82, 2.24) is 4.98 Å². The molecule has 0 atom stereocenters. The molecule has 4 rings (SSSR count). The van der Waals surface area contributed by atoms with E-state index in [1.807, 2.05) is 24.3 Å². The molecule has 0 aliphatic heterocycles. The predicted octanol–water partition coefficient (Wildman–Crippen LogP) is 7.11. The number of ether oxygens (including phenoxy) is 1. The highest BCUT2D eigenvalue weighted by molar-refractivity contribution is 6.18. The van der Waals surface area contributed by atoms with Crippen molar-refractivity contribution < 1.29 is 4.74 Å². The van der Waals surface area contributed by atoms with Gasteiger partial charge in [-0.1, -0.05) is 36.4 Å². The summed E-state index contributed by atoms with van der Waals surface area (Å²) >= 11 is 5.89. The van der Waals surface area contributed by atoms with Gasteiger partial charge in [0.2, 0.25) is 0 Å². The van der Waals surface area contributed by atoms with E-state index in [-0.39, 0.29) is 0 Å². The first-order valence-electron chi connectivity index (χ1n) is 11.9. The Bertz CT molecular complexity index is 1110. The maximum atomic E-state index is 5.94. The van der Waals surface area contributed by atoms with Crippen molar-refractivity contribution in [2.24, 2.45) is 0 Å². The lowest BCUT2D eigenvalue weighted by Crippen LogP contribution is -2.24. The van der Waals surface area contributed by atoms with Gasteiger partial charge in [0.1, 0.15) is 5.75 Å². The number of para-hydroxylation sites is 2. The van der Waals surface area contributed by atoms with E-state index in [1.54, 1.807) is 0 Å². The van der Waals surface area contributed by atoms with Gasteiger partial charge in [0.05, 0.1) is 23.3 Å². The van der Waals surface area contributed by atoms with E-state index in [1.165, 1.54) is 22.1 Å². The highest BCUT2D eigenvalue weighted by Gasteiger charge is 2.08. The van der Waals surface area contributed by atoms with E-state index in [9.17, 15) is 0 Å². The second-order valence-electron chi connectivity index (χ2n) is 8.12. The first-order chi connectivity index (χ1) is 16.3. The predicted molar refractivity (Wildman–Crippen MR) is 142 cm³/mol. The molecule has 5 heteroatoms. The van der Waals surface area contributed by atoms with Gasteiger partial charge in [-0.2, -0.15) is 0 Å². The summed E-state index contributed by atoms with van der Waals surface area (Å²) in [6, 6.07) is 25.0. The molecule has 4 nitrogen and oxygen atoms in total. The van der Waals surface area contributed by atoms with Crippen molar-refractivity contribution >= 4 is 44.8 Å². The minimum atomic E-state index is 0.633. The normalized spacial score (nSPS) is 11.1. The zero-order chi connectivity index (χ0) is 22.9. The van der Waals surface area contributed by atoms with Crippen molar-refractivity contribution in [3.63, 3.8) is 0 Å². The lowest BCUT2D eigenvalue weighted by Gasteiger charge is -2.22. The number of nitrogens with zero attached hydrogens (tertiary/aromatic N) is 2. The number of hydrogen-bond donors (Lipinski definition) is 1. The van der Waals surface area contributed by atoms with Gasteiger partial charge in [-0.05, 0) is 62.6 Å². The van der Waals surface area contributed by atoms with Crippen molar-refractivity contribution in [3.8, 4) is 5.75 Å². The summed E-state index contributed by atoms with van der Waals surface area (Å²) in [6.07, 6.45) is 3.25. The van der Waals surface area contributed by atoms with Crippen LogP contribution in [0.2, 0.25) is 0 Å². The molecule has 1 aromatic heterocycles. The van der Waals surface area contributed by atoms with Crippen LogP contribution in [0, 0.1) is 0 Å². The molecule has 1 heterocycles. The van der Waals surface area contributed by atoms with Crippen molar-refractivity contribution in [2.75, 3.05) is 42.3 Å². The van der Waals surface area contributed by atoms with Crippen LogP contribution in [0.4, 0.5) is 11.4 Å². The summed E-state index contributed by atoms with van der Waals surface area (Å²) in [5.74, 6) is 1.56. The molecule has 1 N–H and O–H groups in total. The van der Waals surface area contributed by atoms with E-state index in [0.717, 1.165) is 62.3 Å². The number of halogens is 1. The molecule has 4 aromatic rings. The molecule has 0 saturated carbocycles. The van der Waals surface area contributed by atoms with Gasteiger partial charge in [-0.15, -0.1) is 11.6 Å². The fourth-order valence-corrected chi connectivity index (χ4v) is 4.37. The monoisotopic (exact) mass is 461 g/mol. The standard InChI is InChI=1S/C28H32ClN3O/c1-2-32(20-18-29)22-14-16-23(17-15-22)33-21-9-3-8-19-30-28-24-10-4-6-12-26(24)31-27-13-7-5-11-25(27)28/h4-7,10-17H,2-3,8-9,18-21H2,1H3,(H,30,31). The molecule has 0 spiro atoms. The Kier molecular flexibility index (Phi) is 8.26. The first kappa shape index (κ1) is 23.2. The van der Waals surface area contributed by atoms with Gasteiger partial charge < -0.3 is 15.0 Å². The number of hydrogen-bond acceptors (Lipinski definition) is 4. The van der Waals surface area contributed by atoms with Crippen LogP contribution in [-0.4, -0.2) is 37.1 Å². The lowest BCUT2D eigenvalue weighted by molar-refractivity contribution is 0.306. The third-order valence-corrected chi connectivity index (χ3v) is 6.09. The summed E-state index contributed by atoms with van der Waals surface area (Å²) in [7, 11) is 0. The van der Waals surface area contributed by atoms with Crippen molar-refractivity contribution in [3.05, 3.63) is 72.8 Å². The second-order valence-corrected chi connectivity index (χ2v) is 8.50. The van der Waals surface area contributed by atoms with Gasteiger partial charge in [0.25, 0.3) is 0 Å². The molecule has 172 valence electrons. The number of aromatic nitrogens is 1. The molecular weight excluding hydrogens is 430 g/mol. The Labute approximate surface area is 201 Å². The van der Waals surface area contributed by atoms with Gasteiger partial charge in [-0.25, -0.2) is 4.98 Å². The number of unbranched alkanes of at least 4 members (excludes halogenated alkanes) is 2. The van der Waals surface area contributed by atoms with E-state index < -0.39 is 0 Å². The SMILES string of the molecule is CCN(CCCl)c1ccc(OCCCCCNc2c3ccccc3nc3ccccc23)cc1. The topological polar surface area (TPSA) is 37.4 Å². The number of pyridine rings is 1. The molecule has 0 bridgehead atoms. The largest absolute Gasteiger partial charge is 0.494 e. The molecule has 0 aliphatic rings. The van der Waals surface area contributed by atoms with Crippen LogP contribution in [0.1, 0.15) is 26.2 Å². The lowest BCUT2D eigenvalue weighted by atomic mass is 10.1. The number of benzene rings is 3. The van der Waals surface area contributed by atoms with Gasteiger partial charge in [0, 0.05) is 42.0 Å². The number of nitrogens with one attached hydrogen (secondary N) is 1.